The van der Waals surface area contributed by atoms with Gasteiger partial charge < -0.3 is 14.1 Å². The Balaban J connectivity index is 1.74. The Labute approximate surface area is 172 Å². The first kappa shape index (κ1) is 18.7. The van der Waals surface area contributed by atoms with E-state index in [9.17, 15) is 9.59 Å². The number of carbonyl (C=O) groups is 1. The average Bonchev–Trinajstić information content (AvgIpc) is 3.47. The summed E-state index contributed by atoms with van der Waals surface area (Å²) in [7, 11) is 1.33. The van der Waals surface area contributed by atoms with Gasteiger partial charge in [0.2, 0.25) is 0 Å². The summed E-state index contributed by atoms with van der Waals surface area (Å²) in [5.41, 5.74) is 2.59. The number of pyridine rings is 1. The van der Waals surface area contributed by atoms with Gasteiger partial charge in [-0.05, 0) is 30.9 Å². The lowest BCUT2D eigenvalue weighted by Gasteiger charge is -2.29. The minimum Gasteiger partial charge on any atom is -0.467 e. The number of furan rings is 1. The van der Waals surface area contributed by atoms with Crippen LogP contribution in [0.4, 0.5) is 0 Å². The molecule has 30 heavy (non-hydrogen) atoms. The number of methoxy groups -OCH3 is 1. The van der Waals surface area contributed by atoms with Crippen molar-refractivity contribution < 1.29 is 13.9 Å². The van der Waals surface area contributed by atoms with E-state index in [1.165, 1.54) is 19.8 Å². The molecule has 2 atom stereocenters. The molecule has 0 saturated heterocycles. The highest BCUT2D eigenvalue weighted by Gasteiger charge is 2.29. The zero-order valence-electron chi connectivity index (χ0n) is 17.1. The highest BCUT2D eigenvalue weighted by Crippen LogP contribution is 2.36. The number of aromatic amines is 1. The molecule has 156 valence electrons. The second-order valence-corrected chi connectivity index (χ2v) is 8.05. The number of carbonyl (C=O) groups excluding carboxylic acids is 1. The number of aromatic nitrogens is 4. The first-order valence-electron chi connectivity index (χ1n) is 10.3. The summed E-state index contributed by atoms with van der Waals surface area (Å²) in [4.78, 5) is 33.4. The molecule has 1 aliphatic rings. The van der Waals surface area contributed by atoms with E-state index in [0.29, 0.717) is 17.2 Å². The van der Waals surface area contributed by atoms with Gasteiger partial charge in [0.05, 0.1) is 37.1 Å². The maximum atomic E-state index is 13.7. The van der Waals surface area contributed by atoms with Gasteiger partial charge in [0.25, 0.3) is 0 Å². The molecule has 0 amide bonds. The largest absolute Gasteiger partial charge is 0.467 e. The lowest BCUT2D eigenvalue weighted by atomic mass is 9.85. The zero-order valence-corrected chi connectivity index (χ0v) is 17.1. The number of rotatable bonds is 4. The smallest absolute Gasteiger partial charge is 0.341 e. The van der Waals surface area contributed by atoms with Crippen LogP contribution in [0, 0.1) is 5.92 Å². The standard InChI is InChI=1S/C22H24N4O4/c1-13-5-3-4-6-16(13)26-19-15-7-9-23-20(15)24-11-17(19)25(22(26)28)12-18-14(8-10-30-18)21(27)29-2/h7-11,13,16H,3-6,12H2,1-2H3,(H,23,24)/t13-,16+/m1/s1. The summed E-state index contributed by atoms with van der Waals surface area (Å²) >= 11 is 0. The predicted octanol–water partition coefficient (Wildman–Crippen LogP) is 3.86. The molecule has 0 aromatic carbocycles. The van der Waals surface area contributed by atoms with Crippen LogP contribution in [0.15, 0.2) is 40.0 Å². The van der Waals surface area contributed by atoms with E-state index in [2.05, 4.69) is 16.9 Å². The molecule has 8 heteroatoms. The van der Waals surface area contributed by atoms with Crippen LogP contribution in [-0.2, 0) is 11.3 Å². The Morgan fingerprint density at radius 1 is 1.33 bits per heavy atom. The van der Waals surface area contributed by atoms with Crippen LogP contribution in [0.2, 0.25) is 0 Å². The van der Waals surface area contributed by atoms with Crippen LogP contribution in [0.3, 0.4) is 0 Å². The average molecular weight is 408 g/mol. The molecule has 4 aromatic rings. The fourth-order valence-corrected chi connectivity index (χ4v) is 4.80. The molecule has 0 bridgehead atoms. The number of H-pyrrole nitrogens is 1. The Hall–Kier alpha value is -3.29. The third-order valence-corrected chi connectivity index (χ3v) is 6.36. The van der Waals surface area contributed by atoms with Gasteiger partial charge in [-0.3, -0.25) is 9.13 Å². The third-order valence-electron chi connectivity index (χ3n) is 6.36. The molecule has 4 aromatic heterocycles. The molecule has 1 aliphatic carbocycles. The van der Waals surface area contributed by atoms with Gasteiger partial charge in [0.15, 0.2) is 0 Å². The van der Waals surface area contributed by atoms with E-state index in [1.807, 2.05) is 16.8 Å². The fraction of sp³-hybridized carbons (Fsp3) is 0.409. The fourth-order valence-electron chi connectivity index (χ4n) is 4.80. The Morgan fingerprint density at radius 2 is 2.17 bits per heavy atom. The number of nitrogens with one attached hydrogen (secondary N) is 1. The topological polar surface area (TPSA) is 95.0 Å². The van der Waals surface area contributed by atoms with Crippen molar-refractivity contribution in [3.8, 4) is 0 Å². The van der Waals surface area contributed by atoms with Crippen LogP contribution >= 0.6 is 0 Å². The van der Waals surface area contributed by atoms with Crippen molar-refractivity contribution >= 4 is 28.0 Å². The molecule has 1 fully saturated rings. The van der Waals surface area contributed by atoms with Crippen molar-refractivity contribution in [3.63, 3.8) is 0 Å². The summed E-state index contributed by atoms with van der Waals surface area (Å²) in [5, 5.41) is 0.925. The lowest BCUT2D eigenvalue weighted by Crippen LogP contribution is -2.32. The number of fused-ring (bicyclic) bond motifs is 3. The normalized spacial score (nSPS) is 19.5. The Kier molecular flexibility index (Phi) is 4.49. The molecule has 0 radical (unpaired) electrons. The summed E-state index contributed by atoms with van der Waals surface area (Å²) in [6, 6.07) is 3.66. The van der Waals surface area contributed by atoms with Crippen molar-refractivity contribution in [2.75, 3.05) is 7.11 Å². The van der Waals surface area contributed by atoms with Crippen molar-refractivity contribution in [1.29, 1.82) is 0 Å². The molecule has 8 nitrogen and oxygen atoms in total. The number of hydrogen-bond acceptors (Lipinski definition) is 5. The number of nitrogens with zero attached hydrogens (tertiary/aromatic N) is 3. The quantitative estimate of drug-likeness (QED) is 0.518. The molecule has 0 unspecified atom stereocenters. The highest BCUT2D eigenvalue weighted by molar-refractivity contribution is 6.01. The summed E-state index contributed by atoms with van der Waals surface area (Å²) in [5.74, 6) is 0.323. The van der Waals surface area contributed by atoms with Gasteiger partial charge in [-0.25, -0.2) is 14.6 Å². The minimum atomic E-state index is -0.484. The zero-order chi connectivity index (χ0) is 20.8. The van der Waals surface area contributed by atoms with E-state index in [4.69, 9.17) is 9.15 Å². The lowest BCUT2D eigenvalue weighted by molar-refractivity contribution is 0.0598. The maximum absolute atomic E-state index is 13.7. The second-order valence-electron chi connectivity index (χ2n) is 8.05. The second kappa shape index (κ2) is 7.19. The summed E-state index contributed by atoms with van der Waals surface area (Å²) in [6.45, 7) is 2.36. The van der Waals surface area contributed by atoms with Crippen LogP contribution < -0.4 is 5.69 Å². The predicted molar refractivity (Wildman–Crippen MR) is 112 cm³/mol. The molecule has 5 rings (SSSR count). The van der Waals surface area contributed by atoms with E-state index in [0.717, 1.165) is 41.3 Å². The number of esters is 1. The van der Waals surface area contributed by atoms with Crippen molar-refractivity contribution in [1.82, 2.24) is 19.1 Å². The molecule has 0 aliphatic heterocycles. The van der Waals surface area contributed by atoms with Gasteiger partial charge in [-0.15, -0.1) is 0 Å². The van der Waals surface area contributed by atoms with Gasteiger partial charge in [0.1, 0.15) is 17.0 Å². The van der Waals surface area contributed by atoms with Crippen molar-refractivity contribution in [2.45, 2.75) is 45.2 Å². The van der Waals surface area contributed by atoms with Crippen LogP contribution in [-0.4, -0.2) is 32.2 Å². The molecular formula is C22H24N4O4. The van der Waals surface area contributed by atoms with E-state index >= 15 is 0 Å². The molecule has 1 saturated carbocycles. The van der Waals surface area contributed by atoms with Crippen LogP contribution in [0.25, 0.3) is 22.1 Å². The van der Waals surface area contributed by atoms with Gasteiger partial charge in [-0.1, -0.05) is 19.8 Å². The number of ether oxygens (including phenoxy) is 1. The van der Waals surface area contributed by atoms with Gasteiger partial charge >= 0.3 is 11.7 Å². The SMILES string of the molecule is COC(=O)c1ccoc1Cn1c(=O)n([C@H]2CCCC[C@H]2C)c2c3cc[nH]c3ncc21. The van der Waals surface area contributed by atoms with Gasteiger partial charge in [0, 0.05) is 17.6 Å². The van der Waals surface area contributed by atoms with E-state index in [1.54, 1.807) is 16.8 Å². The Morgan fingerprint density at radius 3 is 2.97 bits per heavy atom. The molecule has 4 heterocycles. The highest BCUT2D eigenvalue weighted by atomic mass is 16.5. The molecular weight excluding hydrogens is 384 g/mol. The number of hydrogen-bond donors (Lipinski definition) is 1. The van der Waals surface area contributed by atoms with Crippen LogP contribution in [0.5, 0.6) is 0 Å². The van der Waals surface area contributed by atoms with E-state index in [-0.39, 0.29) is 18.3 Å². The van der Waals surface area contributed by atoms with Gasteiger partial charge in [-0.2, -0.15) is 0 Å². The molecule has 1 N–H and O–H groups in total. The summed E-state index contributed by atoms with van der Waals surface area (Å²) in [6.07, 6.45) is 9.40. The molecule has 0 spiro atoms. The third kappa shape index (κ3) is 2.78. The number of imidazole rings is 1. The summed E-state index contributed by atoms with van der Waals surface area (Å²) < 4.78 is 14.0. The first-order chi connectivity index (χ1) is 14.6. The maximum Gasteiger partial charge on any atom is 0.341 e. The Bertz CT molecular complexity index is 1290. The van der Waals surface area contributed by atoms with Crippen molar-refractivity contribution in [2.24, 2.45) is 5.92 Å². The monoisotopic (exact) mass is 408 g/mol. The van der Waals surface area contributed by atoms with E-state index < -0.39 is 5.97 Å². The van der Waals surface area contributed by atoms with Crippen molar-refractivity contribution in [3.05, 3.63) is 52.6 Å². The first-order valence-corrected chi connectivity index (χ1v) is 10.3. The minimum absolute atomic E-state index is 0.105. The van der Waals surface area contributed by atoms with Crippen LogP contribution in [0.1, 0.15) is 54.8 Å².